The minimum atomic E-state index is -0.506. The standard InChI is InChI=1S/C30H26F2N2O2/c1-21(24-6-3-2-4-7-24)33-29(35)18-22-12-16-28(17-13-22)34(20-23-10-14-26(31)15-11-23)30(36)25-8-5-9-27(32)19-25/h2-17,19,21H,18,20H2,1H3,(H,33,35). The normalized spacial score (nSPS) is 11.5. The number of halogens is 2. The topological polar surface area (TPSA) is 49.4 Å². The fourth-order valence-electron chi connectivity index (χ4n) is 3.93. The van der Waals surface area contributed by atoms with Crippen molar-refractivity contribution in [1.82, 2.24) is 5.32 Å². The highest BCUT2D eigenvalue weighted by Gasteiger charge is 2.19. The predicted molar refractivity (Wildman–Crippen MR) is 136 cm³/mol. The van der Waals surface area contributed by atoms with Crippen molar-refractivity contribution in [3.63, 3.8) is 0 Å². The first-order valence-corrected chi connectivity index (χ1v) is 11.6. The predicted octanol–water partition coefficient (Wildman–Crippen LogP) is 6.23. The van der Waals surface area contributed by atoms with Crippen molar-refractivity contribution in [2.75, 3.05) is 4.90 Å². The third-order valence-electron chi connectivity index (χ3n) is 5.86. The van der Waals surface area contributed by atoms with Gasteiger partial charge in [-0.25, -0.2) is 8.78 Å². The molecule has 36 heavy (non-hydrogen) atoms. The molecule has 182 valence electrons. The number of rotatable bonds is 8. The molecule has 0 saturated carbocycles. The summed E-state index contributed by atoms with van der Waals surface area (Å²) in [5, 5.41) is 2.99. The zero-order valence-corrected chi connectivity index (χ0v) is 19.8. The highest BCUT2D eigenvalue weighted by molar-refractivity contribution is 6.06. The van der Waals surface area contributed by atoms with Crippen LogP contribution in [0.5, 0.6) is 0 Å². The molecule has 1 atom stereocenters. The Balaban J connectivity index is 1.51. The molecule has 0 radical (unpaired) electrons. The van der Waals surface area contributed by atoms with Crippen LogP contribution in [0.2, 0.25) is 0 Å². The van der Waals surface area contributed by atoms with Crippen molar-refractivity contribution in [3.05, 3.63) is 137 Å². The van der Waals surface area contributed by atoms with Gasteiger partial charge in [-0.2, -0.15) is 0 Å². The number of carbonyl (C=O) groups is 2. The SMILES string of the molecule is CC(NC(=O)Cc1ccc(N(Cc2ccc(F)cc2)C(=O)c2cccc(F)c2)cc1)c1ccccc1. The van der Waals surface area contributed by atoms with Crippen molar-refractivity contribution in [1.29, 1.82) is 0 Å². The first kappa shape index (κ1) is 24.8. The van der Waals surface area contributed by atoms with Crippen LogP contribution in [-0.4, -0.2) is 11.8 Å². The number of nitrogens with one attached hydrogen (secondary N) is 1. The second-order valence-corrected chi connectivity index (χ2v) is 8.57. The largest absolute Gasteiger partial charge is 0.349 e. The monoisotopic (exact) mass is 484 g/mol. The van der Waals surface area contributed by atoms with Crippen LogP contribution in [0.4, 0.5) is 14.5 Å². The number of hydrogen-bond donors (Lipinski definition) is 1. The first-order valence-electron chi connectivity index (χ1n) is 11.6. The zero-order valence-electron chi connectivity index (χ0n) is 19.8. The molecule has 0 aliphatic carbocycles. The summed E-state index contributed by atoms with van der Waals surface area (Å²) in [5.74, 6) is -1.38. The molecule has 4 aromatic carbocycles. The van der Waals surface area contributed by atoms with Crippen molar-refractivity contribution in [2.24, 2.45) is 0 Å². The van der Waals surface area contributed by atoms with Crippen LogP contribution in [0, 0.1) is 11.6 Å². The first-order chi connectivity index (χ1) is 17.4. The molecule has 0 aliphatic heterocycles. The van der Waals surface area contributed by atoms with Crippen LogP contribution < -0.4 is 10.2 Å². The lowest BCUT2D eigenvalue weighted by Crippen LogP contribution is -2.30. The second-order valence-electron chi connectivity index (χ2n) is 8.57. The van der Waals surface area contributed by atoms with E-state index in [1.54, 1.807) is 42.5 Å². The van der Waals surface area contributed by atoms with Crippen molar-refractivity contribution in [3.8, 4) is 0 Å². The smallest absolute Gasteiger partial charge is 0.258 e. The quantitative estimate of drug-likeness (QED) is 0.322. The number of amides is 2. The van der Waals surface area contributed by atoms with E-state index in [0.717, 1.165) is 16.7 Å². The summed E-state index contributed by atoms with van der Waals surface area (Å²) in [6, 6.07) is 28.1. The van der Waals surface area contributed by atoms with E-state index in [-0.39, 0.29) is 42.2 Å². The maximum absolute atomic E-state index is 13.8. The molecule has 4 aromatic rings. The Morgan fingerprint density at radius 3 is 2.11 bits per heavy atom. The number of nitrogens with zero attached hydrogens (tertiary/aromatic N) is 1. The highest BCUT2D eigenvalue weighted by atomic mass is 19.1. The molecule has 4 rings (SSSR count). The molecule has 0 fully saturated rings. The van der Waals surface area contributed by atoms with Crippen LogP contribution >= 0.6 is 0 Å². The molecule has 4 nitrogen and oxygen atoms in total. The fraction of sp³-hybridized carbons (Fsp3) is 0.133. The molecule has 0 spiro atoms. The van der Waals surface area contributed by atoms with E-state index in [2.05, 4.69) is 5.32 Å². The van der Waals surface area contributed by atoms with Crippen molar-refractivity contribution in [2.45, 2.75) is 25.9 Å². The molecule has 0 aromatic heterocycles. The van der Waals surface area contributed by atoms with E-state index in [9.17, 15) is 18.4 Å². The Kier molecular flexibility index (Phi) is 7.85. The molecule has 6 heteroatoms. The Morgan fingerprint density at radius 2 is 1.44 bits per heavy atom. The summed E-state index contributed by atoms with van der Waals surface area (Å²) in [4.78, 5) is 27.4. The molecular formula is C30H26F2N2O2. The van der Waals surface area contributed by atoms with Gasteiger partial charge >= 0.3 is 0 Å². The van der Waals surface area contributed by atoms with E-state index < -0.39 is 5.82 Å². The minimum Gasteiger partial charge on any atom is -0.349 e. The van der Waals surface area contributed by atoms with Gasteiger partial charge in [0.1, 0.15) is 11.6 Å². The van der Waals surface area contributed by atoms with Gasteiger partial charge in [-0.3, -0.25) is 9.59 Å². The Hall–Kier alpha value is -4.32. The average Bonchev–Trinajstić information content (AvgIpc) is 2.89. The fourth-order valence-corrected chi connectivity index (χ4v) is 3.93. The molecule has 0 aliphatic rings. The Bertz CT molecular complexity index is 1320. The summed E-state index contributed by atoms with van der Waals surface area (Å²) < 4.78 is 27.2. The summed E-state index contributed by atoms with van der Waals surface area (Å²) in [6.45, 7) is 2.10. The van der Waals surface area contributed by atoms with E-state index in [0.29, 0.717) is 5.69 Å². The molecule has 1 unspecified atom stereocenters. The van der Waals surface area contributed by atoms with Crippen molar-refractivity contribution < 1.29 is 18.4 Å². The van der Waals surface area contributed by atoms with Crippen LogP contribution in [0.25, 0.3) is 0 Å². The van der Waals surface area contributed by atoms with Gasteiger partial charge < -0.3 is 10.2 Å². The van der Waals surface area contributed by atoms with Gasteiger partial charge in [-0.05, 0) is 66.1 Å². The number of benzene rings is 4. The van der Waals surface area contributed by atoms with Gasteiger partial charge in [-0.1, -0.05) is 60.7 Å². The third kappa shape index (κ3) is 6.42. The second kappa shape index (κ2) is 11.4. The van der Waals surface area contributed by atoms with E-state index in [1.165, 1.54) is 35.2 Å². The van der Waals surface area contributed by atoms with Gasteiger partial charge in [0.25, 0.3) is 5.91 Å². The molecular weight excluding hydrogens is 458 g/mol. The lowest BCUT2D eigenvalue weighted by molar-refractivity contribution is -0.121. The summed E-state index contributed by atoms with van der Waals surface area (Å²) >= 11 is 0. The number of hydrogen-bond acceptors (Lipinski definition) is 2. The Labute approximate surface area is 209 Å². The molecule has 0 bridgehead atoms. The third-order valence-corrected chi connectivity index (χ3v) is 5.86. The molecule has 0 saturated heterocycles. The van der Waals surface area contributed by atoms with Gasteiger partial charge in [0.15, 0.2) is 0 Å². The van der Waals surface area contributed by atoms with Gasteiger partial charge in [0.05, 0.1) is 19.0 Å². The Morgan fingerprint density at radius 1 is 0.778 bits per heavy atom. The van der Waals surface area contributed by atoms with Crippen LogP contribution in [0.15, 0.2) is 103 Å². The van der Waals surface area contributed by atoms with Gasteiger partial charge in [-0.15, -0.1) is 0 Å². The zero-order chi connectivity index (χ0) is 25.5. The molecule has 1 N–H and O–H groups in total. The van der Waals surface area contributed by atoms with Crippen LogP contribution in [0.3, 0.4) is 0 Å². The molecule has 2 amide bonds. The number of carbonyl (C=O) groups excluding carboxylic acids is 2. The van der Waals surface area contributed by atoms with Gasteiger partial charge in [0.2, 0.25) is 5.91 Å². The summed E-state index contributed by atoms with van der Waals surface area (Å²) in [7, 11) is 0. The van der Waals surface area contributed by atoms with E-state index >= 15 is 0 Å². The number of anilines is 1. The van der Waals surface area contributed by atoms with Crippen LogP contribution in [0.1, 0.15) is 40.0 Å². The highest BCUT2D eigenvalue weighted by Crippen LogP contribution is 2.22. The average molecular weight is 485 g/mol. The lowest BCUT2D eigenvalue weighted by atomic mass is 10.1. The maximum atomic E-state index is 13.8. The van der Waals surface area contributed by atoms with E-state index in [4.69, 9.17) is 0 Å². The summed E-state index contributed by atoms with van der Waals surface area (Å²) in [6.07, 6.45) is 0.188. The minimum absolute atomic E-state index is 0.113. The van der Waals surface area contributed by atoms with Crippen LogP contribution in [-0.2, 0) is 17.8 Å². The lowest BCUT2D eigenvalue weighted by Gasteiger charge is -2.24. The van der Waals surface area contributed by atoms with E-state index in [1.807, 2.05) is 37.3 Å². The van der Waals surface area contributed by atoms with Gasteiger partial charge in [0, 0.05) is 11.3 Å². The molecule has 0 heterocycles. The van der Waals surface area contributed by atoms with Crippen molar-refractivity contribution >= 4 is 17.5 Å². The summed E-state index contributed by atoms with van der Waals surface area (Å²) in [5.41, 5.74) is 3.32. The maximum Gasteiger partial charge on any atom is 0.258 e.